The molecule has 0 bridgehead atoms. The molecule has 28 heavy (non-hydrogen) atoms. The number of amides is 1. The van der Waals surface area contributed by atoms with Gasteiger partial charge in [-0.15, -0.1) is 0 Å². The lowest BCUT2D eigenvalue weighted by Crippen LogP contribution is -2.31. The summed E-state index contributed by atoms with van der Waals surface area (Å²) in [6, 6.07) is 17.9. The Labute approximate surface area is 164 Å². The second-order valence-corrected chi connectivity index (χ2v) is 7.25. The van der Waals surface area contributed by atoms with Crippen molar-refractivity contribution in [1.29, 1.82) is 0 Å². The Hall–Kier alpha value is -2.99. The van der Waals surface area contributed by atoms with Crippen molar-refractivity contribution >= 4 is 5.91 Å². The fourth-order valence-electron chi connectivity index (χ4n) is 3.74. The van der Waals surface area contributed by atoms with Gasteiger partial charge in [0.15, 0.2) is 11.5 Å². The Bertz CT molecular complexity index is 911. The standard InChI is InChI=1S/C22H24N4O2/c1-25(15-17-8-3-2-4-9-17)16-18-14-20(24-28-18)22(27)26-13-7-11-21(26)19-10-5-6-12-23-19/h2-6,8-10,12,14,21H,7,11,13,15-16H2,1H3/t21-/m1/s1. The number of rotatable bonds is 6. The van der Waals surface area contributed by atoms with Crippen molar-refractivity contribution in [3.63, 3.8) is 0 Å². The predicted octanol–water partition coefficient (Wildman–Crippen LogP) is 3.68. The molecule has 0 N–H and O–H groups in total. The van der Waals surface area contributed by atoms with E-state index in [9.17, 15) is 4.79 Å². The first-order chi connectivity index (χ1) is 13.7. The molecule has 2 aromatic heterocycles. The van der Waals surface area contributed by atoms with E-state index >= 15 is 0 Å². The quantitative estimate of drug-likeness (QED) is 0.657. The number of hydrogen-bond acceptors (Lipinski definition) is 5. The number of benzene rings is 1. The summed E-state index contributed by atoms with van der Waals surface area (Å²) in [5.41, 5.74) is 2.53. The first-order valence-electron chi connectivity index (χ1n) is 9.60. The van der Waals surface area contributed by atoms with Gasteiger partial charge in [0.1, 0.15) is 0 Å². The van der Waals surface area contributed by atoms with Crippen LogP contribution >= 0.6 is 0 Å². The summed E-state index contributed by atoms with van der Waals surface area (Å²) in [5.74, 6) is 0.601. The van der Waals surface area contributed by atoms with E-state index in [4.69, 9.17) is 4.52 Å². The predicted molar refractivity (Wildman–Crippen MR) is 105 cm³/mol. The number of hydrogen-bond donors (Lipinski definition) is 0. The summed E-state index contributed by atoms with van der Waals surface area (Å²) in [5, 5.41) is 4.04. The minimum absolute atomic E-state index is 0.00889. The molecule has 1 saturated heterocycles. The normalized spacial score (nSPS) is 16.6. The van der Waals surface area contributed by atoms with Gasteiger partial charge in [-0.2, -0.15) is 0 Å². The molecular weight excluding hydrogens is 352 g/mol. The van der Waals surface area contributed by atoms with Crippen molar-refractivity contribution < 1.29 is 9.32 Å². The summed E-state index contributed by atoms with van der Waals surface area (Å²) < 4.78 is 5.44. The molecule has 1 amide bonds. The maximum Gasteiger partial charge on any atom is 0.276 e. The second-order valence-electron chi connectivity index (χ2n) is 7.25. The highest BCUT2D eigenvalue weighted by molar-refractivity contribution is 5.92. The minimum atomic E-state index is -0.0890. The van der Waals surface area contributed by atoms with E-state index in [2.05, 4.69) is 27.2 Å². The molecule has 0 saturated carbocycles. The van der Waals surface area contributed by atoms with Gasteiger partial charge in [-0.1, -0.05) is 41.6 Å². The van der Waals surface area contributed by atoms with Gasteiger partial charge in [-0.25, -0.2) is 0 Å². The van der Waals surface area contributed by atoms with Gasteiger partial charge in [0.2, 0.25) is 0 Å². The highest BCUT2D eigenvalue weighted by Gasteiger charge is 2.32. The van der Waals surface area contributed by atoms with Crippen LogP contribution in [0.3, 0.4) is 0 Å². The fourth-order valence-corrected chi connectivity index (χ4v) is 3.74. The molecule has 144 valence electrons. The lowest BCUT2D eigenvalue weighted by molar-refractivity contribution is 0.0722. The zero-order valence-corrected chi connectivity index (χ0v) is 16.0. The van der Waals surface area contributed by atoms with E-state index in [1.807, 2.05) is 48.3 Å². The van der Waals surface area contributed by atoms with Crippen LogP contribution in [-0.2, 0) is 13.1 Å². The average molecular weight is 376 g/mol. The van der Waals surface area contributed by atoms with Crippen LogP contribution in [0.5, 0.6) is 0 Å². The van der Waals surface area contributed by atoms with Crippen LogP contribution in [-0.4, -0.2) is 39.4 Å². The first-order valence-corrected chi connectivity index (χ1v) is 9.60. The molecule has 1 aliphatic heterocycles. The monoisotopic (exact) mass is 376 g/mol. The van der Waals surface area contributed by atoms with Crippen molar-refractivity contribution in [3.8, 4) is 0 Å². The molecule has 0 spiro atoms. The third-order valence-electron chi connectivity index (χ3n) is 5.04. The van der Waals surface area contributed by atoms with Gasteiger partial charge in [-0.3, -0.25) is 14.7 Å². The van der Waals surface area contributed by atoms with E-state index < -0.39 is 0 Å². The molecule has 3 aromatic rings. The molecule has 6 heteroatoms. The highest BCUT2D eigenvalue weighted by atomic mass is 16.5. The number of nitrogens with zero attached hydrogens (tertiary/aromatic N) is 4. The maximum atomic E-state index is 13.0. The van der Waals surface area contributed by atoms with E-state index in [1.54, 1.807) is 12.3 Å². The zero-order chi connectivity index (χ0) is 19.3. The van der Waals surface area contributed by atoms with Crippen LogP contribution in [0.15, 0.2) is 65.3 Å². The van der Waals surface area contributed by atoms with Crippen molar-refractivity contribution in [1.82, 2.24) is 19.9 Å². The minimum Gasteiger partial charge on any atom is -0.359 e. The van der Waals surface area contributed by atoms with Crippen molar-refractivity contribution in [2.75, 3.05) is 13.6 Å². The lowest BCUT2D eigenvalue weighted by Gasteiger charge is -2.23. The SMILES string of the molecule is CN(Cc1ccccc1)Cc1cc(C(=O)N2CCC[C@@H]2c2ccccn2)no1. The number of carbonyl (C=O) groups is 1. The lowest BCUT2D eigenvalue weighted by atomic mass is 10.1. The van der Waals surface area contributed by atoms with E-state index in [0.717, 1.165) is 31.6 Å². The number of carbonyl (C=O) groups excluding carboxylic acids is 1. The number of pyridine rings is 1. The van der Waals surface area contributed by atoms with Gasteiger partial charge in [-0.05, 0) is 37.6 Å². The molecule has 0 radical (unpaired) electrons. The highest BCUT2D eigenvalue weighted by Crippen LogP contribution is 2.31. The zero-order valence-electron chi connectivity index (χ0n) is 16.0. The summed E-state index contributed by atoms with van der Waals surface area (Å²) in [6.07, 6.45) is 3.66. The van der Waals surface area contributed by atoms with Crippen LogP contribution in [0.25, 0.3) is 0 Å². The first kappa shape index (κ1) is 18.4. The van der Waals surface area contributed by atoms with Crippen molar-refractivity contribution in [2.45, 2.75) is 32.0 Å². The molecule has 3 heterocycles. The summed E-state index contributed by atoms with van der Waals surface area (Å²) in [7, 11) is 2.02. The van der Waals surface area contributed by atoms with Crippen LogP contribution in [0, 0.1) is 0 Å². The van der Waals surface area contributed by atoms with Crippen molar-refractivity contribution in [3.05, 3.63) is 83.5 Å². The molecular formula is C22H24N4O2. The van der Waals surface area contributed by atoms with Crippen LogP contribution in [0.2, 0.25) is 0 Å². The van der Waals surface area contributed by atoms with Crippen LogP contribution in [0.4, 0.5) is 0 Å². The molecule has 1 fully saturated rings. The average Bonchev–Trinajstić information content (AvgIpc) is 3.38. The van der Waals surface area contributed by atoms with Gasteiger partial charge in [0.25, 0.3) is 5.91 Å². The Morgan fingerprint density at radius 2 is 2.00 bits per heavy atom. The summed E-state index contributed by atoms with van der Waals surface area (Å²) in [6.45, 7) is 2.12. The third kappa shape index (κ3) is 4.12. The summed E-state index contributed by atoms with van der Waals surface area (Å²) in [4.78, 5) is 21.4. The van der Waals surface area contributed by atoms with Crippen LogP contribution in [0.1, 0.15) is 46.4 Å². The van der Waals surface area contributed by atoms with E-state index in [-0.39, 0.29) is 11.9 Å². The van der Waals surface area contributed by atoms with Gasteiger partial charge >= 0.3 is 0 Å². The van der Waals surface area contributed by atoms with E-state index in [0.29, 0.717) is 18.0 Å². The van der Waals surface area contributed by atoms with Gasteiger partial charge < -0.3 is 9.42 Å². The van der Waals surface area contributed by atoms with Crippen molar-refractivity contribution in [2.24, 2.45) is 0 Å². The van der Waals surface area contributed by atoms with Crippen LogP contribution < -0.4 is 0 Å². The number of likely N-dealkylation sites (tertiary alicyclic amines) is 1. The Balaban J connectivity index is 1.41. The molecule has 1 aromatic carbocycles. The molecule has 6 nitrogen and oxygen atoms in total. The smallest absolute Gasteiger partial charge is 0.276 e. The van der Waals surface area contributed by atoms with Gasteiger partial charge in [0, 0.05) is 25.4 Å². The Kier molecular flexibility index (Phi) is 5.48. The number of aromatic nitrogens is 2. The topological polar surface area (TPSA) is 62.5 Å². The summed E-state index contributed by atoms with van der Waals surface area (Å²) >= 11 is 0. The largest absolute Gasteiger partial charge is 0.359 e. The maximum absolute atomic E-state index is 13.0. The fraction of sp³-hybridized carbons (Fsp3) is 0.318. The van der Waals surface area contributed by atoms with Gasteiger partial charge in [0.05, 0.1) is 18.3 Å². The molecule has 4 rings (SSSR count). The molecule has 1 atom stereocenters. The Morgan fingerprint density at radius 3 is 2.79 bits per heavy atom. The third-order valence-corrected chi connectivity index (χ3v) is 5.04. The molecule has 1 aliphatic rings. The molecule has 0 unspecified atom stereocenters. The Morgan fingerprint density at radius 1 is 1.18 bits per heavy atom. The second kappa shape index (κ2) is 8.35. The van der Waals surface area contributed by atoms with E-state index in [1.165, 1.54) is 5.56 Å². The molecule has 0 aliphatic carbocycles.